The summed E-state index contributed by atoms with van der Waals surface area (Å²) in [7, 11) is 0. The first-order chi connectivity index (χ1) is 28.8. The maximum absolute atomic E-state index is 7.02. The maximum Gasteiger partial charge on any atom is 0.143 e. The molecular weight excluding hydrogens is 707 g/mol. The predicted octanol–water partition coefficient (Wildman–Crippen LogP) is 15.1. The third-order valence-electron chi connectivity index (χ3n) is 13.0. The smallest absolute Gasteiger partial charge is 0.143 e. The summed E-state index contributed by atoms with van der Waals surface area (Å²) in [5, 5.41) is 6.91. The molecule has 0 amide bonds. The largest absolute Gasteiger partial charge is 0.455 e. The van der Waals surface area contributed by atoms with Crippen LogP contribution < -0.4 is 0 Å². The van der Waals surface area contributed by atoms with E-state index in [1.54, 1.807) is 0 Å². The first kappa shape index (κ1) is 30.6. The van der Waals surface area contributed by atoms with Crippen molar-refractivity contribution in [2.24, 2.45) is 0 Å². The van der Waals surface area contributed by atoms with Crippen molar-refractivity contribution >= 4 is 65.7 Å². The Morgan fingerprint density at radius 3 is 1.64 bits per heavy atom. The molecule has 3 aromatic heterocycles. The van der Waals surface area contributed by atoms with Gasteiger partial charge in [0.15, 0.2) is 0 Å². The fraction of sp³-hybridized carbons (Fsp3) is 0.0182. The Kier molecular flexibility index (Phi) is 5.81. The van der Waals surface area contributed by atoms with E-state index in [4.69, 9.17) is 8.83 Å². The lowest BCUT2D eigenvalue weighted by Crippen LogP contribution is -2.00. The molecule has 14 rings (SSSR count). The molecule has 0 bridgehead atoms. The van der Waals surface area contributed by atoms with Crippen molar-refractivity contribution in [3.8, 4) is 61.3 Å². The SMILES string of the molecule is c1ccc(-n2c3ccccc3c3cc4c(cc32)-c2c(ccc3c2oc2ccccc23)-c2ccc3c(oc5ccccc53)c2-c2cc3c(cc2-4)-c2ccccc2C3)cc1. The van der Waals surface area contributed by atoms with Crippen LogP contribution in [0.5, 0.6) is 0 Å². The molecule has 0 N–H and O–H groups in total. The van der Waals surface area contributed by atoms with Crippen LogP contribution in [0.15, 0.2) is 185 Å². The van der Waals surface area contributed by atoms with E-state index in [1.165, 1.54) is 55.2 Å². The van der Waals surface area contributed by atoms with Gasteiger partial charge in [-0.2, -0.15) is 0 Å². The summed E-state index contributed by atoms with van der Waals surface area (Å²) in [6.07, 6.45) is 0.900. The van der Waals surface area contributed by atoms with Crippen LogP contribution >= 0.6 is 0 Å². The molecule has 3 nitrogen and oxygen atoms in total. The van der Waals surface area contributed by atoms with Crippen LogP contribution in [0.1, 0.15) is 11.1 Å². The molecule has 12 aromatic rings. The second-order valence-electron chi connectivity index (χ2n) is 15.9. The Morgan fingerprint density at radius 1 is 0.328 bits per heavy atom. The quantitative estimate of drug-likeness (QED) is 0.168. The Morgan fingerprint density at radius 2 is 0.914 bits per heavy atom. The van der Waals surface area contributed by atoms with Gasteiger partial charge in [-0.05, 0) is 129 Å². The van der Waals surface area contributed by atoms with Crippen LogP contribution in [-0.2, 0) is 6.42 Å². The second kappa shape index (κ2) is 11.0. The molecule has 0 spiro atoms. The average molecular weight is 738 g/mol. The standard InChI is InChI=1S/C55H31NO2/c1-2-13-33(14-3-1)56-48-19-9-6-16-35(48)45-29-44-43-28-42-32(26-31-12-4-5-15-34(31)42)27-46(43)52-38(22-24-40-36-17-7-10-20-50(36)57-54(40)52)39-23-25-41-37-18-8-11-21-51(37)58-55(41)53(39)47(44)30-49(45)56/h1-25,27-30H,26H2. The average Bonchev–Trinajstić information content (AvgIpc) is 4.03. The lowest BCUT2D eigenvalue weighted by molar-refractivity contribution is 0.669. The van der Waals surface area contributed by atoms with Crippen LogP contribution in [-0.4, -0.2) is 4.57 Å². The Balaban J connectivity index is 1.23. The molecule has 0 aliphatic heterocycles. The van der Waals surface area contributed by atoms with Gasteiger partial charge < -0.3 is 13.4 Å². The molecule has 9 aromatic carbocycles. The number of benzene rings is 9. The van der Waals surface area contributed by atoms with Gasteiger partial charge in [-0.15, -0.1) is 0 Å². The summed E-state index contributed by atoms with van der Waals surface area (Å²) >= 11 is 0. The highest BCUT2D eigenvalue weighted by Gasteiger charge is 2.32. The zero-order chi connectivity index (χ0) is 37.6. The van der Waals surface area contributed by atoms with Crippen molar-refractivity contribution in [2.75, 3.05) is 0 Å². The summed E-state index contributed by atoms with van der Waals surface area (Å²) in [6.45, 7) is 0. The van der Waals surface area contributed by atoms with E-state index in [1.807, 2.05) is 0 Å². The molecule has 0 radical (unpaired) electrons. The number of furan rings is 2. The monoisotopic (exact) mass is 737 g/mol. The molecule has 3 heterocycles. The van der Waals surface area contributed by atoms with Gasteiger partial charge >= 0.3 is 0 Å². The first-order valence-corrected chi connectivity index (χ1v) is 20.0. The van der Waals surface area contributed by atoms with Crippen LogP contribution in [0.25, 0.3) is 127 Å². The fourth-order valence-corrected chi connectivity index (χ4v) is 10.5. The summed E-state index contributed by atoms with van der Waals surface area (Å²) in [6, 6.07) is 64.4. The number of hydrogen-bond acceptors (Lipinski definition) is 2. The van der Waals surface area contributed by atoms with E-state index in [2.05, 4.69) is 180 Å². The van der Waals surface area contributed by atoms with Crippen molar-refractivity contribution in [3.63, 3.8) is 0 Å². The van der Waals surface area contributed by atoms with Crippen LogP contribution in [0.3, 0.4) is 0 Å². The van der Waals surface area contributed by atoms with Gasteiger partial charge in [0.2, 0.25) is 0 Å². The summed E-state index contributed by atoms with van der Waals surface area (Å²) in [5.74, 6) is 0. The van der Waals surface area contributed by atoms with Crippen molar-refractivity contribution in [1.82, 2.24) is 4.57 Å². The minimum Gasteiger partial charge on any atom is -0.455 e. The van der Waals surface area contributed by atoms with E-state index in [0.29, 0.717) is 0 Å². The van der Waals surface area contributed by atoms with Gasteiger partial charge in [0, 0.05) is 49.1 Å². The molecule has 0 atom stereocenters. The zero-order valence-corrected chi connectivity index (χ0v) is 31.2. The van der Waals surface area contributed by atoms with Crippen LogP contribution in [0, 0.1) is 0 Å². The van der Waals surface area contributed by atoms with Crippen LogP contribution in [0.2, 0.25) is 0 Å². The van der Waals surface area contributed by atoms with Crippen molar-refractivity contribution in [3.05, 3.63) is 187 Å². The number of fused-ring (bicyclic) bond motifs is 22. The van der Waals surface area contributed by atoms with Gasteiger partial charge in [0.25, 0.3) is 0 Å². The Labute approximate surface area is 332 Å². The molecule has 0 fully saturated rings. The Hall–Kier alpha value is -7.62. The number of para-hydroxylation sites is 4. The Bertz CT molecular complexity index is 3760. The number of aromatic nitrogens is 1. The van der Waals surface area contributed by atoms with Gasteiger partial charge in [-0.3, -0.25) is 0 Å². The second-order valence-corrected chi connectivity index (χ2v) is 15.9. The van der Waals surface area contributed by atoms with E-state index in [-0.39, 0.29) is 0 Å². The molecule has 0 saturated carbocycles. The maximum atomic E-state index is 7.02. The van der Waals surface area contributed by atoms with Gasteiger partial charge in [-0.1, -0.05) is 109 Å². The van der Waals surface area contributed by atoms with E-state index >= 15 is 0 Å². The van der Waals surface area contributed by atoms with Gasteiger partial charge in [0.1, 0.15) is 22.3 Å². The minimum atomic E-state index is 0.886. The molecule has 3 heteroatoms. The number of rotatable bonds is 1. The zero-order valence-electron chi connectivity index (χ0n) is 31.2. The molecule has 0 unspecified atom stereocenters. The first-order valence-electron chi connectivity index (χ1n) is 20.0. The third kappa shape index (κ3) is 3.92. The molecule has 2 aliphatic carbocycles. The van der Waals surface area contributed by atoms with Crippen molar-refractivity contribution in [2.45, 2.75) is 6.42 Å². The normalized spacial score (nSPS) is 12.8. The molecule has 2 aliphatic rings. The lowest BCUT2D eigenvalue weighted by atomic mass is 9.78. The summed E-state index contributed by atoms with van der Waals surface area (Å²) in [4.78, 5) is 0. The van der Waals surface area contributed by atoms with E-state index in [9.17, 15) is 0 Å². The molecule has 58 heavy (non-hydrogen) atoms. The summed E-state index contributed by atoms with van der Waals surface area (Å²) < 4.78 is 16.4. The number of nitrogens with zero attached hydrogens (tertiary/aromatic N) is 1. The van der Waals surface area contributed by atoms with Gasteiger partial charge in [-0.25, -0.2) is 0 Å². The van der Waals surface area contributed by atoms with E-state index < -0.39 is 0 Å². The highest BCUT2D eigenvalue weighted by Crippen LogP contribution is 2.56. The highest BCUT2D eigenvalue weighted by molar-refractivity contribution is 6.22. The fourth-order valence-electron chi connectivity index (χ4n) is 10.5. The minimum absolute atomic E-state index is 0.886. The van der Waals surface area contributed by atoms with Crippen molar-refractivity contribution < 1.29 is 8.83 Å². The van der Waals surface area contributed by atoms with E-state index in [0.717, 1.165) is 89.3 Å². The van der Waals surface area contributed by atoms with Crippen molar-refractivity contribution in [1.29, 1.82) is 0 Å². The number of hydrogen-bond donors (Lipinski definition) is 0. The lowest BCUT2D eigenvalue weighted by Gasteiger charge is -2.25. The van der Waals surface area contributed by atoms with Gasteiger partial charge in [0.05, 0.1) is 11.0 Å². The summed E-state index contributed by atoms with van der Waals surface area (Å²) in [5.41, 5.74) is 21.6. The molecular formula is C55H31NO2. The third-order valence-corrected chi connectivity index (χ3v) is 13.0. The van der Waals surface area contributed by atoms with Crippen LogP contribution in [0.4, 0.5) is 0 Å². The topological polar surface area (TPSA) is 31.2 Å². The highest BCUT2D eigenvalue weighted by atomic mass is 16.3. The predicted molar refractivity (Wildman–Crippen MR) is 239 cm³/mol. The molecule has 268 valence electrons. The molecule has 0 saturated heterocycles.